The quantitative estimate of drug-likeness (QED) is 0.327. The summed E-state index contributed by atoms with van der Waals surface area (Å²) >= 11 is 0. The average Bonchev–Trinajstić information content (AvgIpc) is 3.38. The number of anilines is 1. The number of piperazine rings is 1. The van der Waals surface area contributed by atoms with Gasteiger partial charge in [0.25, 0.3) is 5.91 Å². The summed E-state index contributed by atoms with van der Waals surface area (Å²) in [6, 6.07) is 23.7. The maximum atomic E-state index is 13.7. The molecular weight excluding hydrogens is 481 g/mol. The molecule has 8 heteroatoms. The highest BCUT2D eigenvalue weighted by atomic mass is 19.1. The van der Waals surface area contributed by atoms with Gasteiger partial charge in [0.1, 0.15) is 23.7 Å². The lowest BCUT2D eigenvalue weighted by Gasteiger charge is -2.35. The van der Waals surface area contributed by atoms with Crippen molar-refractivity contribution in [2.75, 3.05) is 38.2 Å². The van der Waals surface area contributed by atoms with Gasteiger partial charge in [0.15, 0.2) is 5.65 Å². The molecule has 1 fully saturated rings. The van der Waals surface area contributed by atoms with Gasteiger partial charge < -0.3 is 19.1 Å². The second-order valence-corrected chi connectivity index (χ2v) is 9.16. The smallest absolute Gasteiger partial charge is 0.254 e. The van der Waals surface area contributed by atoms with Crippen LogP contribution in [0.4, 0.5) is 10.2 Å². The molecule has 2 aromatic heterocycles. The molecule has 7 nitrogen and oxygen atoms in total. The van der Waals surface area contributed by atoms with E-state index in [1.54, 1.807) is 31.6 Å². The first-order chi connectivity index (χ1) is 18.6. The average molecular weight is 508 g/mol. The minimum atomic E-state index is -0.287. The number of aromatic nitrogens is 3. The van der Waals surface area contributed by atoms with Gasteiger partial charge in [-0.05, 0) is 48.0 Å². The number of hydrogen-bond acceptors (Lipinski definition) is 5. The van der Waals surface area contributed by atoms with Gasteiger partial charge in [-0.25, -0.2) is 14.4 Å². The number of fused-ring (bicyclic) bond motifs is 1. The Labute approximate surface area is 219 Å². The molecule has 5 aromatic rings. The number of ether oxygens (including phenoxy) is 1. The molecule has 1 saturated heterocycles. The molecule has 0 atom stereocenters. The highest BCUT2D eigenvalue weighted by molar-refractivity contribution is 6.02. The summed E-state index contributed by atoms with van der Waals surface area (Å²) in [5.74, 6) is 1.19. The van der Waals surface area contributed by atoms with Gasteiger partial charge in [-0.1, -0.05) is 36.4 Å². The summed E-state index contributed by atoms with van der Waals surface area (Å²) in [5.41, 5.74) is 4.22. The van der Waals surface area contributed by atoms with E-state index in [2.05, 4.69) is 22.0 Å². The van der Waals surface area contributed by atoms with E-state index in [9.17, 15) is 9.18 Å². The summed E-state index contributed by atoms with van der Waals surface area (Å²) in [7, 11) is 1.60. The van der Waals surface area contributed by atoms with Crippen LogP contribution in [-0.2, 0) is 0 Å². The Morgan fingerprint density at radius 3 is 2.39 bits per heavy atom. The molecule has 0 saturated carbocycles. The fraction of sp³-hybridized carbons (Fsp3) is 0.167. The van der Waals surface area contributed by atoms with E-state index in [1.165, 1.54) is 12.1 Å². The molecule has 0 N–H and O–H groups in total. The van der Waals surface area contributed by atoms with E-state index < -0.39 is 0 Å². The molecule has 190 valence electrons. The van der Waals surface area contributed by atoms with Crippen LogP contribution in [0.1, 0.15) is 10.4 Å². The Morgan fingerprint density at radius 1 is 0.895 bits per heavy atom. The van der Waals surface area contributed by atoms with Crippen LogP contribution in [-0.4, -0.2) is 58.6 Å². The van der Waals surface area contributed by atoms with E-state index in [0.717, 1.165) is 33.7 Å². The Hall–Kier alpha value is -4.72. The van der Waals surface area contributed by atoms with Gasteiger partial charge in [0.2, 0.25) is 0 Å². The lowest BCUT2D eigenvalue weighted by atomic mass is 10.1. The first-order valence-corrected chi connectivity index (χ1v) is 12.5. The van der Waals surface area contributed by atoms with Crippen LogP contribution in [0.25, 0.3) is 27.8 Å². The Bertz CT molecular complexity index is 1590. The standard InChI is InChI=1S/C30H26FN5O2/c1-38-25-9-5-8-22(18-25)30(37)35-16-14-34(15-17-35)28-27-26(21-6-3-2-4-7-21)19-36(29(27)33-20-32-28)24-12-10-23(31)11-13-24/h2-13,18-20H,14-17H2,1H3. The highest BCUT2D eigenvalue weighted by Crippen LogP contribution is 2.37. The molecule has 1 aliphatic heterocycles. The number of halogens is 1. The molecule has 3 aromatic carbocycles. The van der Waals surface area contributed by atoms with E-state index in [0.29, 0.717) is 37.5 Å². The number of hydrogen-bond donors (Lipinski definition) is 0. The Kier molecular flexibility index (Phi) is 6.21. The SMILES string of the molecule is COc1cccc(C(=O)N2CCN(c3ncnc4c3c(-c3ccccc3)cn4-c3ccc(F)cc3)CC2)c1. The zero-order chi connectivity index (χ0) is 26.1. The molecule has 6 rings (SSSR count). The normalized spacial score (nSPS) is 13.6. The van der Waals surface area contributed by atoms with Crippen LogP contribution in [0.15, 0.2) is 91.4 Å². The van der Waals surface area contributed by atoms with Crippen molar-refractivity contribution in [1.29, 1.82) is 0 Å². The van der Waals surface area contributed by atoms with Crippen molar-refractivity contribution in [1.82, 2.24) is 19.4 Å². The first kappa shape index (κ1) is 23.7. The maximum absolute atomic E-state index is 13.7. The predicted molar refractivity (Wildman–Crippen MR) is 145 cm³/mol. The number of benzene rings is 3. The lowest BCUT2D eigenvalue weighted by Crippen LogP contribution is -2.49. The van der Waals surface area contributed by atoms with E-state index in [4.69, 9.17) is 9.72 Å². The summed E-state index contributed by atoms with van der Waals surface area (Å²) in [6.07, 6.45) is 3.61. The molecule has 0 unspecified atom stereocenters. The van der Waals surface area contributed by atoms with E-state index in [-0.39, 0.29) is 11.7 Å². The van der Waals surface area contributed by atoms with Crippen LogP contribution in [0.3, 0.4) is 0 Å². The highest BCUT2D eigenvalue weighted by Gasteiger charge is 2.26. The maximum Gasteiger partial charge on any atom is 0.254 e. The molecule has 0 aliphatic carbocycles. The van der Waals surface area contributed by atoms with Gasteiger partial charge in [-0.2, -0.15) is 0 Å². The van der Waals surface area contributed by atoms with E-state index >= 15 is 0 Å². The summed E-state index contributed by atoms with van der Waals surface area (Å²) in [4.78, 5) is 26.6. The van der Waals surface area contributed by atoms with Gasteiger partial charge in [-0.3, -0.25) is 4.79 Å². The molecule has 0 spiro atoms. The minimum absolute atomic E-state index is 0.0104. The molecule has 0 bridgehead atoms. The Balaban J connectivity index is 1.35. The van der Waals surface area contributed by atoms with Crippen molar-refractivity contribution >= 4 is 22.8 Å². The van der Waals surface area contributed by atoms with Crippen molar-refractivity contribution in [3.63, 3.8) is 0 Å². The number of rotatable bonds is 5. The van der Waals surface area contributed by atoms with Crippen LogP contribution in [0.2, 0.25) is 0 Å². The topological polar surface area (TPSA) is 63.5 Å². The van der Waals surface area contributed by atoms with E-state index in [1.807, 2.05) is 52.1 Å². The lowest BCUT2D eigenvalue weighted by molar-refractivity contribution is 0.0746. The number of methoxy groups -OCH3 is 1. The van der Waals surface area contributed by atoms with Crippen molar-refractivity contribution in [2.24, 2.45) is 0 Å². The molecule has 1 amide bonds. The largest absolute Gasteiger partial charge is 0.497 e. The third-order valence-electron chi connectivity index (χ3n) is 6.94. The summed E-state index contributed by atoms with van der Waals surface area (Å²) in [5, 5.41) is 0.926. The van der Waals surface area contributed by atoms with Gasteiger partial charge >= 0.3 is 0 Å². The molecule has 3 heterocycles. The van der Waals surface area contributed by atoms with Gasteiger partial charge in [-0.15, -0.1) is 0 Å². The van der Waals surface area contributed by atoms with Gasteiger partial charge in [0.05, 0.1) is 12.5 Å². The second kappa shape index (κ2) is 9.97. The number of carbonyl (C=O) groups is 1. The van der Waals surface area contributed by atoms with Crippen molar-refractivity contribution in [2.45, 2.75) is 0 Å². The summed E-state index contributed by atoms with van der Waals surface area (Å²) < 4.78 is 20.9. The fourth-order valence-electron chi connectivity index (χ4n) is 4.98. The zero-order valence-corrected chi connectivity index (χ0v) is 20.9. The Morgan fingerprint density at radius 2 is 1.66 bits per heavy atom. The first-order valence-electron chi connectivity index (χ1n) is 12.5. The number of amides is 1. The van der Waals surface area contributed by atoms with Crippen molar-refractivity contribution in [3.05, 3.63) is 103 Å². The zero-order valence-electron chi connectivity index (χ0n) is 20.9. The number of carbonyl (C=O) groups excluding carboxylic acids is 1. The predicted octanol–water partition coefficient (Wildman–Crippen LogP) is 5.20. The fourth-order valence-corrected chi connectivity index (χ4v) is 4.98. The van der Waals surface area contributed by atoms with Gasteiger partial charge in [0, 0.05) is 49.2 Å². The van der Waals surface area contributed by atoms with Crippen molar-refractivity contribution in [3.8, 4) is 22.6 Å². The van der Waals surface area contributed by atoms with Crippen LogP contribution in [0, 0.1) is 5.82 Å². The van der Waals surface area contributed by atoms with Crippen LogP contribution >= 0.6 is 0 Å². The third kappa shape index (κ3) is 4.34. The van der Waals surface area contributed by atoms with Crippen molar-refractivity contribution < 1.29 is 13.9 Å². The monoisotopic (exact) mass is 507 g/mol. The second-order valence-electron chi connectivity index (χ2n) is 9.16. The third-order valence-corrected chi connectivity index (χ3v) is 6.94. The van der Waals surface area contributed by atoms with Crippen LogP contribution in [0.5, 0.6) is 5.75 Å². The molecule has 1 aliphatic rings. The molecule has 0 radical (unpaired) electrons. The molecular formula is C30H26FN5O2. The summed E-state index contributed by atoms with van der Waals surface area (Å²) in [6.45, 7) is 2.41. The number of nitrogens with zero attached hydrogens (tertiary/aromatic N) is 5. The van der Waals surface area contributed by atoms with Crippen LogP contribution < -0.4 is 9.64 Å². The molecule has 38 heavy (non-hydrogen) atoms. The minimum Gasteiger partial charge on any atom is -0.497 e.